The second-order valence-electron chi connectivity index (χ2n) is 6.57. The van der Waals surface area contributed by atoms with Crippen molar-refractivity contribution in [1.29, 1.82) is 0 Å². The van der Waals surface area contributed by atoms with E-state index in [-0.39, 0.29) is 11.8 Å². The average molecular weight is 355 g/mol. The number of nitrogens with one attached hydrogen (secondary N) is 1. The quantitative estimate of drug-likeness (QED) is 0.888. The molecule has 1 fully saturated rings. The van der Waals surface area contributed by atoms with Gasteiger partial charge < -0.3 is 19.9 Å². The Hall–Kier alpha value is -2.83. The van der Waals surface area contributed by atoms with Crippen molar-refractivity contribution < 1.29 is 9.53 Å². The second-order valence-corrected chi connectivity index (χ2v) is 6.57. The van der Waals surface area contributed by atoms with Gasteiger partial charge in [-0.15, -0.1) is 10.2 Å². The van der Waals surface area contributed by atoms with Crippen molar-refractivity contribution in [3.63, 3.8) is 0 Å². The highest BCUT2D eigenvalue weighted by molar-refractivity contribution is 5.91. The number of methoxy groups -OCH3 is 1. The van der Waals surface area contributed by atoms with Crippen LogP contribution in [0.5, 0.6) is 5.75 Å². The molecular weight excluding hydrogens is 330 g/mol. The minimum atomic E-state index is -0.0838. The van der Waals surface area contributed by atoms with Crippen LogP contribution < -0.4 is 19.9 Å². The zero-order valence-corrected chi connectivity index (χ0v) is 15.5. The molecule has 1 saturated heterocycles. The van der Waals surface area contributed by atoms with Crippen molar-refractivity contribution in [2.45, 2.75) is 13.8 Å². The molecule has 0 unspecified atom stereocenters. The summed E-state index contributed by atoms with van der Waals surface area (Å²) in [6.45, 7) is 7.16. The molecule has 0 bridgehead atoms. The second kappa shape index (κ2) is 8.03. The molecule has 7 nitrogen and oxygen atoms in total. The van der Waals surface area contributed by atoms with Crippen molar-refractivity contribution in [3.05, 3.63) is 36.4 Å². The number of ether oxygens (including phenoxy) is 1. The summed E-state index contributed by atoms with van der Waals surface area (Å²) in [5.41, 5.74) is 1.12. The normalized spacial score (nSPS) is 14.5. The van der Waals surface area contributed by atoms with Gasteiger partial charge in [-0.25, -0.2) is 0 Å². The monoisotopic (exact) mass is 355 g/mol. The van der Waals surface area contributed by atoms with Crippen molar-refractivity contribution in [2.75, 3.05) is 48.4 Å². The number of benzene rings is 1. The number of carbonyl (C=O) groups excluding carboxylic acids is 1. The van der Waals surface area contributed by atoms with Crippen LogP contribution in [0.1, 0.15) is 13.8 Å². The molecule has 2 aromatic rings. The van der Waals surface area contributed by atoms with Crippen molar-refractivity contribution in [1.82, 2.24) is 10.2 Å². The van der Waals surface area contributed by atoms with E-state index in [9.17, 15) is 4.79 Å². The fourth-order valence-electron chi connectivity index (χ4n) is 2.90. The molecule has 1 N–H and O–H groups in total. The summed E-state index contributed by atoms with van der Waals surface area (Å²) in [5.74, 6) is 2.07. The van der Waals surface area contributed by atoms with Gasteiger partial charge in [0.2, 0.25) is 5.91 Å². The summed E-state index contributed by atoms with van der Waals surface area (Å²) >= 11 is 0. The third kappa shape index (κ3) is 4.04. The molecule has 26 heavy (non-hydrogen) atoms. The Labute approximate surface area is 154 Å². The number of aromatic nitrogens is 2. The highest BCUT2D eigenvalue weighted by Gasteiger charge is 2.20. The lowest BCUT2D eigenvalue weighted by molar-refractivity contribution is -0.118. The Bertz CT molecular complexity index is 740. The molecule has 0 spiro atoms. The minimum absolute atomic E-state index is 0.0579. The number of hydrogen-bond donors (Lipinski definition) is 1. The molecule has 0 atom stereocenters. The van der Waals surface area contributed by atoms with Crippen LogP contribution in [0.15, 0.2) is 36.4 Å². The third-order valence-corrected chi connectivity index (χ3v) is 4.46. The van der Waals surface area contributed by atoms with E-state index in [4.69, 9.17) is 4.74 Å². The Balaban J connectivity index is 1.60. The topological polar surface area (TPSA) is 70.6 Å². The van der Waals surface area contributed by atoms with E-state index in [0.29, 0.717) is 5.82 Å². The van der Waals surface area contributed by atoms with Gasteiger partial charge in [0, 0.05) is 32.1 Å². The van der Waals surface area contributed by atoms with E-state index in [1.165, 1.54) is 0 Å². The lowest BCUT2D eigenvalue weighted by atomic mass is 10.2. The van der Waals surface area contributed by atoms with Gasteiger partial charge in [-0.05, 0) is 24.3 Å². The van der Waals surface area contributed by atoms with Crippen LogP contribution in [0.2, 0.25) is 0 Å². The smallest absolute Gasteiger partial charge is 0.228 e. The summed E-state index contributed by atoms with van der Waals surface area (Å²) in [4.78, 5) is 16.2. The molecule has 1 aromatic carbocycles. The molecule has 0 saturated carbocycles. The molecule has 2 heterocycles. The van der Waals surface area contributed by atoms with E-state index in [1.54, 1.807) is 13.2 Å². The fourth-order valence-corrected chi connectivity index (χ4v) is 2.90. The van der Waals surface area contributed by atoms with Crippen LogP contribution in [-0.2, 0) is 4.79 Å². The summed E-state index contributed by atoms with van der Waals surface area (Å²) in [5, 5.41) is 11.1. The van der Waals surface area contributed by atoms with E-state index >= 15 is 0 Å². The molecule has 3 rings (SSSR count). The van der Waals surface area contributed by atoms with E-state index in [2.05, 4.69) is 31.4 Å². The van der Waals surface area contributed by atoms with Crippen molar-refractivity contribution >= 4 is 23.2 Å². The Morgan fingerprint density at radius 3 is 2.35 bits per heavy atom. The van der Waals surface area contributed by atoms with Crippen LogP contribution >= 0.6 is 0 Å². The summed E-state index contributed by atoms with van der Waals surface area (Å²) < 4.78 is 5.46. The first-order valence-electron chi connectivity index (χ1n) is 8.86. The van der Waals surface area contributed by atoms with Crippen molar-refractivity contribution in [2.24, 2.45) is 5.92 Å². The first-order chi connectivity index (χ1) is 12.6. The molecule has 1 amide bonds. The van der Waals surface area contributed by atoms with Gasteiger partial charge in [-0.1, -0.05) is 26.0 Å². The SMILES string of the molecule is COc1ccccc1N1CCN(c2ccc(NC(=O)C(C)C)nn2)CC1. The number of rotatable bonds is 5. The van der Waals surface area contributed by atoms with Gasteiger partial charge in [0.1, 0.15) is 5.75 Å². The number of para-hydroxylation sites is 2. The molecular formula is C19H25N5O2. The minimum Gasteiger partial charge on any atom is -0.495 e. The maximum atomic E-state index is 11.7. The number of carbonyl (C=O) groups is 1. The lowest BCUT2D eigenvalue weighted by Gasteiger charge is -2.37. The molecule has 0 aliphatic carbocycles. The molecule has 1 aliphatic rings. The van der Waals surface area contributed by atoms with E-state index in [1.807, 2.05) is 38.1 Å². The molecule has 0 radical (unpaired) electrons. The van der Waals surface area contributed by atoms with Gasteiger partial charge in [-0.3, -0.25) is 4.79 Å². The third-order valence-electron chi connectivity index (χ3n) is 4.46. The van der Waals surface area contributed by atoms with E-state index < -0.39 is 0 Å². The standard InChI is InChI=1S/C19H25N5O2/c1-14(2)19(25)20-17-8-9-18(22-21-17)24-12-10-23(11-13-24)15-6-4-5-7-16(15)26-3/h4-9,14H,10-13H2,1-3H3,(H,20,21,25). The largest absolute Gasteiger partial charge is 0.495 e. The van der Waals surface area contributed by atoms with Crippen LogP contribution in [0.3, 0.4) is 0 Å². The fraction of sp³-hybridized carbons (Fsp3) is 0.421. The van der Waals surface area contributed by atoms with Gasteiger partial charge in [0.05, 0.1) is 12.8 Å². The van der Waals surface area contributed by atoms with Crippen molar-refractivity contribution in [3.8, 4) is 5.75 Å². The number of nitrogens with zero attached hydrogens (tertiary/aromatic N) is 4. The highest BCUT2D eigenvalue weighted by atomic mass is 16.5. The Kier molecular flexibility index (Phi) is 5.55. The summed E-state index contributed by atoms with van der Waals surface area (Å²) in [6, 6.07) is 11.8. The van der Waals surface area contributed by atoms with Crippen LogP contribution in [0.25, 0.3) is 0 Å². The summed E-state index contributed by atoms with van der Waals surface area (Å²) in [6.07, 6.45) is 0. The first-order valence-corrected chi connectivity index (χ1v) is 8.86. The molecule has 1 aliphatic heterocycles. The van der Waals surface area contributed by atoms with Gasteiger partial charge in [0.25, 0.3) is 0 Å². The Morgan fingerprint density at radius 1 is 1.04 bits per heavy atom. The van der Waals surface area contributed by atoms with Gasteiger partial charge >= 0.3 is 0 Å². The van der Waals surface area contributed by atoms with E-state index in [0.717, 1.165) is 43.4 Å². The number of hydrogen-bond acceptors (Lipinski definition) is 6. The van der Waals surface area contributed by atoms with Gasteiger partial charge in [0.15, 0.2) is 11.6 Å². The predicted octanol–water partition coefficient (Wildman–Crippen LogP) is 2.41. The molecule has 1 aromatic heterocycles. The van der Waals surface area contributed by atoms with Crippen LogP contribution in [0.4, 0.5) is 17.3 Å². The number of anilines is 3. The number of amides is 1. The lowest BCUT2D eigenvalue weighted by Crippen LogP contribution is -2.47. The maximum Gasteiger partial charge on any atom is 0.228 e. The van der Waals surface area contributed by atoms with Crippen LogP contribution in [0, 0.1) is 5.92 Å². The zero-order chi connectivity index (χ0) is 18.5. The summed E-state index contributed by atoms with van der Waals surface area (Å²) in [7, 11) is 1.70. The first kappa shape index (κ1) is 18.0. The van der Waals surface area contributed by atoms with Crippen LogP contribution in [-0.4, -0.2) is 49.4 Å². The zero-order valence-electron chi connectivity index (χ0n) is 15.5. The maximum absolute atomic E-state index is 11.7. The van der Waals surface area contributed by atoms with Gasteiger partial charge in [-0.2, -0.15) is 0 Å². The number of piperazine rings is 1. The molecule has 7 heteroatoms. The highest BCUT2D eigenvalue weighted by Crippen LogP contribution is 2.28. The predicted molar refractivity (Wildman–Crippen MR) is 103 cm³/mol. The average Bonchev–Trinajstić information content (AvgIpc) is 2.68. The Morgan fingerprint density at radius 2 is 1.73 bits per heavy atom. The molecule has 138 valence electrons.